The molecule has 1 aliphatic rings. The number of anilines is 1. The Bertz CT molecular complexity index is 1020. The molecule has 3 rings (SSSR count). The second-order valence-corrected chi connectivity index (χ2v) is 9.16. The van der Waals surface area contributed by atoms with Crippen molar-refractivity contribution in [2.24, 2.45) is 17.3 Å². The highest BCUT2D eigenvalue weighted by Crippen LogP contribution is 2.60. The Hall–Kier alpha value is -2.18. The lowest BCUT2D eigenvalue weighted by Crippen LogP contribution is -2.15. The van der Waals surface area contributed by atoms with Crippen molar-refractivity contribution in [2.75, 3.05) is 5.32 Å². The third-order valence-electron chi connectivity index (χ3n) is 5.78. The highest BCUT2D eigenvalue weighted by molar-refractivity contribution is 6.55. The zero-order valence-electron chi connectivity index (χ0n) is 17.2. The smallest absolute Gasteiger partial charge is 0.310 e. The predicted molar refractivity (Wildman–Crippen MR) is 115 cm³/mol. The number of carbonyl (C=O) groups excluding carboxylic acids is 1. The molecule has 2 atom stereocenters. The Morgan fingerprint density at radius 3 is 2.39 bits per heavy atom. The quantitative estimate of drug-likeness (QED) is 0.362. The summed E-state index contributed by atoms with van der Waals surface area (Å²) in [7, 11) is 0. The summed E-state index contributed by atoms with van der Waals surface area (Å²) in [5.74, 6) is -4.88. The Balaban J connectivity index is 1.81. The molecule has 0 aromatic heterocycles. The van der Waals surface area contributed by atoms with E-state index < -0.39 is 46.9 Å². The Labute approximate surface area is 189 Å². The molecule has 0 radical (unpaired) electrons. The van der Waals surface area contributed by atoms with Crippen LogP contribution in [0.3, 0.4) is 0 Å². The van der Waals surface area contributed by atoms with Gasteiger partial charge >= 0.3 is 5.97 Å². The number of ether oxygens (including phenoxy) is 1. The molecule has 8 heteroatoms. The van der Waals surface area contributed by atoms with E-state index in [1.165, 1.54) is 0 Å². The summed E-state index contributed by atoms with van der Waals surface area (Å²) in [5.41, 5.74) is -0.690. The molecule has 1 fully saturated rings. The average Bonchev–Trinajstić information content (AvgIpc) is 3.26. The van der Waals surface area contributed by atoms with Crippen molar-refractivity contribution in [3.8, 4) is 0 Å². The Morgan fingerprint density at radius 2 is 1.77 bits per heavy atom. The van der Waals surface area contributed by atoms with Crippen LogP contribution in [0.1, 0.15) is 30.5 Å². The van der Waals surface area contributed by atoms with E-state index in [0.29, 0.717) is 0 Å². The molecule has 2 aromatic carbocycles. The van der Waals surface area contributed by atoms with Gasteiger partial charge in [-0.3, -0.25) is 4.79 Å². The van der Waals surface area contributed by atoms with Crippen LogP contribution in [0.4, 0.5) is 18.9 Å². The number of hydrogen-bond donors (Lipinski definition) is 1. The fourth-order valence-corrected chi connectivity index (χ4v) is 4.01. The minimum atomic E-state index is -1.31. The highest BCUT2D eigenvalue weighted by Gasteiger charge is 2.61. The molecule has 0 unspecified atom stereocenters. The summed E-state index contributed by atoms with van der Waals surface area (Å²) in [4.78, 5) is 12.6. The lowest BCUT2D eigenvalue weighted by Gasteiger charge is -2.17. The molecule has 0 bridgehead atoms. The van der Waals surface area contributed by atoms with E-state index in [0.717, 1.165) is 12.5 Å². The van der Waals surface area contributed by atoms with Gasteiger partial charge in [-0.15, -0.1) is 0 Å². The van der Waals surface area contributed by atoms with Crippen LogP contribution in [-0.2, 0) is 22.7 Å². The van der Waals surface area contributed by atoms with Crippen molar-refractivity contribution in [1.82, 2.24) is 0 Å². The van der Waals surface area contributed by atoms with Gasteiger partial charge in [0, 0.05) is 12.1 Å². The Kier molecular flexibility index (Phi) is 6.92. The van der Waals surface area contributed by atoms with Crippen molar-refractivity contribution >= 4 is 34.9 Å². The number of carbonyl (C=O) groups is 1. The number of rotatable bonds is 7. The van der Waals surface area contributed by atoms with E-state index in [1.54, 1.807) is 6.08 Å². The third kappa shape index (κ3) is 4.85. The zero-order chi connectivity index (χ0) is 22.9. The van der Waals surface area contributed by atoms with E-state index in [-0.39, 0.29) is 28.2 Å². The number of allylic oxidation sites excluding steroid dienone is 1. The van der Waals surface area contributed by atoms with Crippen molar-refractivity contribution in [1.29, 1.82) is 0 Å². The number of hydrogen-bond acceptors (Lipinski definition) is 3. The Morgan fingerprint density at radius 1 is 1.13 bits per heavy atom. The molecule has 0 amide bonds. The van der Waals surface area contributed by atoms with Gasteiger partial charge in [-0.1, -0.05) is 67.4 Å². The van der Waals surface area contributed by atoms with Crippen LogP contribution < -0.4 is 5.32 Å². The maximum absolute atomic E-state index is 14.8. The van der Waals surface area contributed by atoms with Gasteiger partial charge in [0.15, 0.2) is 17.5 Å². The first-order valence-electron chi connectivity index (χ1n) is 9.68. The van der Waals surface area contributed by atoms with Crippen molar-refractivity contribution in [3.05, 3.63) is 75.0 Å². The number of nitrogens with one attached hydrogen (secondary N) is 1. The van der Waals surface area contributed by atoms with Crippen LogP contribution in [-0.4, -0.2) is 5.97 Å². The van der Waals surface area contributed by atoms with Gasteiger partial charge in [-0.2, -0.15) is 0 Å². The molecular formula is C23H22Cl2F3NO2. The van der Waals surface area contributed by atoms with Crippen molar-refractivity contribution < 1.29 is 22.7 Å². The highest BCUT2D eigenvalue weighted by atomic mass is 35.5. The van der Waals surface area contributed by atoms with Gasteiger partial charge in [0.25, 0.3) is 0 Å². The monoisotopic (exact) mass is 471 g/mol. The SMILES string of the molecule is Cc1c(F)c(F)c(COC(=O)[C@H]2[C@H](C=C(Cl)Cl)C2(C)C)c(NCc2ccccc2)c1F. The largest absolute Gasteiger partial charge is 0.460 e. The molecule has 0 saturated heterocycles. The molecule has 2 aromatic rings. The number of esters is 1. The summed E-state index contributed by atoms with van der Waals surface area (Å²) >= 11 is 11.4. The lowest BCUT2D eigenvalue weighted by molar-refractivity contribution is -0.147. The third-order valence-corrected chi connectivity index (χ3v) is 6.03. The normalized spacial score (nSPS) is 19.0. The first-order valence-corrected chi connectivity index (χ1v) is 10.4. The fourth-order valence-electron chi connectivity index (χ4n) is 3.74. The van der Waals surface area contributed by atoms with Gasteiger partial charge in [0.2, 0.25) is 0 Å². The summed E-state index contributed by atoms with van der Waals surface area (Å²) in [6.45, 7) is 4.40. The van der Waals surface area contributed by atoms with Gasteiger partial charge < -0.3 is 10.1 Å². The van der Waals surface area contributed by atoms with Crippen LogP contribution in [0, 0.1) is 41.6 Å². The van der Waals surface area contributed by atoms with E-state index in [2.05, 4.69) is 5.32 Å². The van der Waals surface area contributed by atoms with Crippen molar-refractivity contribution in [3.63, 3.8) is 0 Å². The molecule has 0 aliphatic heterocycles. The van der Waals surface area contributed by atoms with Gasteiger partial charge in [-0.25, -0.2) is 13.2 Å². The molecule has 1 N–H and O–H groups in total. The summed E-state index contributed by atoms with van der Waals surface area (Å²) in [5, 5.41) is 2.81. The zero-order valence-corrected chi connectivity index (χ0v) is 18.8. The maximum Gasteiger partial charge on any atom is 0.310 e. The minimum Gasteiger partial charge on any atom is -0.460 e. The van der Waals surface area contributed by atoms with Gasteiger partial charge in [-0.05, 0) is 29.9 Å². The van der Waals surface area contributed by atoms with Crippen LogP contribution in [0.15, 0.2) is 40.9 Å². The van der Waals surface area contributed by atoms with E-state index >= 15 is 0 Å². The van der Waals surface area contributed by atoms with Crippen LogP contribution >= 0.6 is 23.2 Å². The first-order chi connectivity index (χ1) is 14.6. The van der Waals surface area contributed by atoms with Crippen molar-refractivity contribution in [2.45, 2.75) is 33.9 Å². The molecule has 1 saturated carbocycles. The molecule has 166 valence electrons. The second kappa shape index (κ2) is 9.13. The maximum atomic E-state index is 14.8. The second-order valence-electron chi connectivity index (χ2n) is 8.15. The molecular weight excluding hydrogens is 450 g/mol. The van der Waals surface area contributed by atoms with E-state index in [9.17, 15) is 18.0 Å². The van der Waals surface area contributed by atoms with E-state index in [1.807, 2.05) is 44.2 Å². The standard InChI is InChI=1S/C23H22Cl2F3NO2/c1-12-18(26)20(28)14(21(19(12)27)29-10-13-7-5-4-6-8-13)11-31-22(30)17-15(9-16(24)25)23(17,2)3/h4-9,15,17,29H,10-11H2,1-3H3/t15-,17+/m0/s1. The molecule has 0 heterocycles. The summed E-state index contributed by atoms with van der Waals surface area (Å²) < 4.78 is 49.0. The topological polar surface area (TPSA) is 38.3 Å². The average molecular weight is 472 g/mol. The summed E-state index contributed by atoms with van der Waals surface area (Å²) in [6, 6.07) is 9.06. The van der Waals surface area contributed by atoms with Crippen LogP contribution in [0.5, 0.6) is 0 Å². The summed E-state index contributed by atoms with van der Waals surface area (Å²) in [6.07, 6.45) is 1.55. The van der Waals surface area contributed by atoms with Gasteiger partial charge in [0.05, 0.1) is 17.2 Å². The fraction of sp³-hybridized carbons (Fsp3) is 0.348. The molecule has 3 nitrogen and oxygen atoms in total. The molecule has 1 aliphatic carbocycles. The van der Waals surface area contributed by atoms with Crippen LogP contribution in [0.2, 0.25) is 0 Å². The van der Waals surface area contributed by atoms with E-state index in [4.69, 9.17) is 27.9 Å². The first kappa shape index (κ1) is 23.5. The molecule has 31 heavy (non-hydrogen) atoms. The minimum absolute atomic E-state index is 0.0366. The molecule has 0 spiro atoms. The number of benzene rings is 2. The van der Waals surface area contributed by atoms with Gasteiger partial charge in [0.1, 0.15) is 11.1 Å². The predicted octanol–water partition coefficient (Wildman–Crippen LogP) is 6.66. The van der Waals surface area contributed by atoms with Crippen LogP contribution in [0.25, 0.3) is 0 Å². The number of halogens is 5. The lowest BCUT2D eigenvalue weighted by atomic mass is 10.1.